The van der Waals surface area contributed by atoms with Crippen molar-refractivity contribution in [1.82, 2.24) is 5.32 Å². The van der Waals surface area contributed by atoms with Crippen molar-refractivity contribution in [3.05, 3.63) is 35.6 Å². The summed E-state index contributed by atoms with van der Waals surface area (Å²) >= 11 is 0. The maximum atomic E-state index is 12.8. The Hall–Kier alpha value is -1.40. The van der Waals surface area contributed by atoms with Crippen LogP contribution in [0.25, 0.3) is 0 Å². The van der Waals surface area contributed by atoms with Crippen molar-refractivity contribution in [2.24, 2.45) is 17.3 Å². The highest BCUT2D eigenvalue weighted by Crippen LogP contribution is 2.65. The Morgan fingerprint density at radius 3 is 2.84 bits per heavy atom. The summed E-state index contributed by atoms with van der Waals surface area (Å²) in [5, 5.41) is 12.7. The summed E-state index contributed by atoms with van der Waals surface area (Å²) in [5.74, 6) is 0.661. The van der Waals surface area contributed by atoms with Gasteiger partial charge in [0.2, 0.25) is 0 Å². The zero-order valence-electron chi connectivity index (χ0n) is 11.2. The summed E-state index contributed by atoms with van der Waals surface area (Å²) in [6.07, 6.45) is 3.40. The topological polar surface area (TPSA) is 35.8 Å². The molecule has 2 aliphatic rings. The average Bonchev–Trinajstić information content (AvgIpc) is 3.02. The minimum Gasteiger partial charge on any atom is -0.310 e. The molecule has 3 rings (SSSR count). The molecule has 0 aromatic heterocycles. The first-order chi connectivity index (χ1) is 9.13. The van der Waals surface area contributed by atoms with Crippen molar-refractivity contribution in [1.29, 1.82) is 5.26 Å². The quantitative estimate of drug-likeness (QED) is 0.903. The zero-order chi connectivity index (χ0) is 13.5. The highest BCUT2D eigenvalue weighted by molar-refractivity contribution is 5.20. The van der Waals surface area contributed by atoms with Gasteiger partial charge in [0.15, 0.2) is 0 Å². The molecule has 2 saturated carbocycles. The summed E-state index contributed by atoms with van der Waals surface area (Å²) in [6, 6.07) is 9.60. The van der Waals surface area contributed by atoms with Gasteiger partial charge in [-0.3, -0.25) is 0 Å². The molecule has 100 valence electrons. The van der Waals surface area contributed by atoms with Crippen molar-refractivity contribution in [2.45, 2.75) is 38.8 Å². The maximum Gasteiger partial charge on any atom is 0.123 e. The van der Waals surface area contributed by atoms with Gasteiger partial charge in [-0.25, -0.2) is 4.39 Å². The fraction of sp³-hybridized carbons (Fsp3) is 0.562. The molecule has 3 heteroatoms. The van der Waals surface area contributed by atoms with E-state index in [1.54, 1.807) is 0 Å². The predicted octanol–water partition coefficient (Wildman–Crippen LogP) is 3.24. The number of fused-ring (bicyclic) bond motifs is 1. The van der Waals surface area contributed by atoms with E-state index in [-0.39, 0.29) is 11.7 Å². The third-order valence-corrected chi connectivity index (χ3v) is 5.07. The van der Waals surface area contributed by atoms with E-state index < -0.39 is 0 Å². The van der Waals surface area contributed by atoms with Crippen LogP contribution in [0.5, 0.6) is 0 Å². The van der Waals surface area contributed by atoms with Crippen LogP contribution in [0.2, 0.25) is 0 Å². The summed E-state index contributed by atoms with van der Waals surface area (Å²) in [5.41, 5.74) is 1.41. The summed E-state index contributed by atoms with van der Waals surface area (Å²) in [7, 11) is 0. The van der Waals surface area contributed by atoms with Crippen LogP contribution in [0.4, 0.5) is 4.39 Å². The lowest BCUT2D eigenvalue weighted by molar-refractivity contribution is 0.294. The molecule has 1 N–H and O–H groups in total. The molecule has 0 bridgehead atoms. The third-order valence-electron chi connectivity index (χ3n) is 5.07. The molecule has 2 unspecified atom stereocenters. The number of halogens is 1. The second-order valence-corrected chi connectivity index (χ2v) is 6.20. The van der Waals surface area contributed by atoms with Crippen LogP contribution in [0.15, 0.2) is 24.3 Å². The molecule has 2 nitrogen and oxygen atoms in total. The smallest absolute Gasteiger partial charge is 0.123 e. The van der Waals surface area contributed by atoms with Crippen molar-refractivity contribution in [2.75, 3.05) is 0 Å². The van der Waals surface area contributed by atoms with Gasteiger partial charge in [-0.2, -0.15) is 5.26 Å². The highest BCUT2D eigenvalue weighted by Gasteiger charge is 2.63. The van der Waals surface area contributed by atoms with Crippen LogP contribution in [-0.4, -0.2) is 6.04 Å². The molecule has 4 atom stereocenters. The Kier molecular flexibility index (Phi) is 3.06. The van der Waals surface area contributed by atoms with Gasteiger partial charge in [0.25, 0.3) is 0 Å². The van der Waals surface area contributed by atoms with E-state index in [4.69, 9.17) is 5.26 Å². The summed E-state index contributed by atoms with van der Waals surface area (Å²) in [4.78, 5) is 0. The van der Waals surface area contributed by atoms with Crippen LogP contribution < -0.4 is 5.32 Å². The number of rotatable bonds is 3. The Balaban J connectivity index is 1.53. The Labute approximate surface area is 113 Å². The van der Waals surface area contributed by atoms with Crippen molar-refractivity contribution in [3.8, 4) is 6.07 Å². The molecule has 0 spiro atoms. The van der Waals surface area contributed by atoms with Gasteiger partial charge in [0, 0.05) is 12.6 Å². The summed E-state index contributed by atoms with van der Waals surface area (Å²) in [6.45, 7) is 3.04. The van der Waals surface area contributed by atoms with E-state index in [1.165, 1.54) is 12.1 Å². The molecule has 0 amide bonds. The number of nitrogens with zero attached hydrogens (tertiary/aromatic N) is 1. The number of nitrogens with one attached hydrogen (secondary N) is 1. The molecule has 0 aliphatic heterocycles. The van der Waals surface area contributed by atoms with E-state index in [2.05, 4.69) is 18.3 Å². The Morgan fingerprint density at radius 2 is 2.16 bits per heavy atom. The van der Waals surface area contributed by atoms with Crippen LogP contribution >= 0.6 is 0 Å². The van der Waals surface area contributed by atoms with Crippen LogP contribution in [0.3, 0.4) is 0 Å². The van der Waals surface area contributed by atoms with Gasteiger partial charge in [-0.1, -0.05) is 19.1 Å². The van der Waals surface area contributed by atoms with Crippen molar-refractivity contribution < 1.29 is 4.39 Å². The predicted molar refractivity (Wildman–Crippen MR) is 71.6 cm³/mol. The van der Waals surface area contributed by atoms with Gasteiger partial charge in [0.1, 0.15) is 5.82 Å². The largest absolute Gasteiger partial charge is 0.310 e. The molecule has 0 saturated heterocycles. The average molecular weight is 258 g/mol. The van der Waals surface area contributed by atoms with Crippen LogP contribution in [-0.2, 0) is 6.54 Å². The minimum atomic E-state index is -0.188. The van der Waals surface area contributed by atoms with Gasteiger partial charge >= 0.3 is 0 Å². The number of hydrogen-bond acceptors (Lipinski definition) is 2. The number of nitriles is 1. The minimum absolute atomic E-state index is 0.188. The first-order valence-electron chi connectivity index (χ1n) is 7.01. The highest BCUT2D eigenvalue weighted by atomic mass is 19.1. The second kappa shape index (κ2) is 4.61. The van der Waals surface area contributed by atoms with Gasteiger partial charge in [0.05, 0.1) is 12.0 Å². The van der Waals surface area contributed by atoms with E-state index >= 15 is 0 Å². The maximum absolute atomic E-state index is 12.8. The standard InChI is InChI=1S/C16H19FN2/c1-16-7-6-13(8-14(16)15(16)9-18)19-10-11-2-4-12(17)5-3-11/h2-5,13-15,19H,6-8,10H2,1H3/t13-,14?,15?,16-/m0/s1. The molecular weight excluding hydrogens is 239 g/mol. The lowest BCUT2D eigenvalue weighted by Crippen LogP contribution is -2.32. The van der Waals surface area contributed by atoms with Crippen molar-refractivity contribution >= 4 is 0 Å². The Bertz CT molecular complexity index is 504. The van der Waals surface area contributed by atoms with Gasteiger partial charge in [-0.15, -0.1) is 0 Å². The van der Waals surface area contributed by atoms with Gasteiger partial charge < -0.3 is 5.32 Å². The fourth-order valence-corrected chi connectivity index (χ4v) is 3.60. The lowest BCUT2D eigenvalue weighted by atomic mass is 9.86. The molecule has 2 fully saturated rings. The number of benzene rings is 1. The molecule has 19 heavy (non-hydrogen) atoms. The van der Waals surface area contributed by atoms with E-state index in [0.717, 1.165) is 31.4 Å². The fourth-order valence-electron chi connectivity index (χ4n) is 3.60. The summed E-state index contributed by atoms with van der Waals surface area (Å²) < 4.78 is 12.8. The van der Waals surface area contributed by atoms with Crippen LogP contribution in [0.1, 0.15) is 31.7 Å². The number of hydrogen-bond donors (Lipinski definition) is 1. The second-order valence-electron chi connectivity index (χ2n) is 6.20. The Morgan fingerprint density at radius 1 is 1.42 bits per heavy atom. The van der Waals surface area contributed by atoms with Crippen molar-refractivity contribution in [3.63, 3.8) is 0 Å². The molecule has 0 heterocycles. The van der Waals surface area contributed by atoms with Crippen LogP contribution in [0, 0.1) is 34.4 Å². The monoisotopic (exact) mass is 258 g/mol. The van der Waals surface area contributed by atoms with E-state index in [1.807, 2.05) is 12.1 Å². The van der Waals surface area contributed by atoms with E-state index in [0.29, 0.717) is 17.4 Å². The normalized spacial score (nSPS) is 36.4. The van der Waals surface area contributed by atoms with Gasteiger partial charge in [-0.05, 0) is 48.3 Å². The lowest BCUT2D eigenvalue weighted by Gasteiger charge is -2.26. The molecule has 1 aromatic rings. The zero-order valence-corrected chi connectivity index (χ0v) is 11.2. The SMILES string of the molecule is C[C@]12CC[C@H](NCc3ccc(F)cc3)CC1C2C#N. The van der Waals surface area contributed by atoms with E-state index in [9.17, 15) is 4.39 Å². The first-order valence-corrected chi connectivity index (χ1v) is 7.01. The first kappa shape index (κ1) is 12.6. The molecular formula is C16H19FN2. The molecule has 1 aromatic carbocycles. The third kappa shape index (κ3) is 2.26. The molecule has 2 aliphatic carbocycles. The molecule has 0 radical (unpaired) electrons.